The second kappa shape index (κ2) is 30.1. The van der Waals surface area contributed by atoms with Crippen molar-refractivity contribution < 1.29 is 106 Å². The van der Waals surface area contributed by atoms with E-state index in [4.69, 9.17) is 90.4 Å². The van der Waals surface area contributed by atoms with Crippen LogP contribution in [-0.4, -0.2) is 279 Å². The number of rotatable bonds is 39. The minimum absolute atomic E-state index is 0.0156. The van der Waals surface area contributed by atoms with Crippen molar-refractivity contribution in [2.75, 3.05) is 192 Å². The van der Waals surface area contributed by atoms with Crippen molar-refractivity contribution in [3.05, 3.63) is 0 Å². The zero-order valence-electron chi connectivity index (χ0n) is 38.7. The van der Waals surface area contributed by atoms with Crippen LogP contribution in [0.3, 0.4) is 0 Å². The van der Waals surface area contributed by atoms with Gasteiger partial charge in [-0.3, -0.25) is 0 Å². The van der Waals surface area contributed by atoms with Gasteiger partial charge in [-0.15, -0.1) is 0 Å². The summed E-state index contributed by atoms with van der Waals surface area (Å²) in [4.78, 5) is 0. The average molecular weight is 959 g/mol. The molecule has 9 aliphatic heterocycles. The molecule has 0 aromatic rings. The summed E-state index contributed by atoms with van der Waals surface area (Å²) >= 11 is 0. The van der Waals surface area contributed by atoms with Crippen molar-refractivity contribution in [3.8, 4) is 0 Å². The van der Waals surface area contributed by atoms with Gasteiger partial charge in [-0.2, -0.15) is 0 Å². The van der Waals surface area contributed by atoms with E-state index >= 15 is 0 Å². The topological polar surface area (TPSA) is 277 Å². The van der Waals surface area contributed by atoms with Crippen molar-refractivity contribution in [2.24, 2.45) is 10.8 Å². The van der Waals surface area contributed by atoms with Crippen LogP contribution in [0.25, 0.3) is 0 Å². The molecule has 0 bridgehead atoms. The van der Waals surface area contributed by atoms with E-state index in [1.807, 2.05) is 6.92 Å². The van der Waals surface area contributed by atoms with Crippen molar-refractivity contribution in [3.63, 3.8) is 0 Å². The Kier molecular flexibility index (Phi) is 24.8. The zero-order chi connectivity index (χ0) is 46.3. The highest BCUT2D eigenvalue weighted by molar-refractivity contribution is 4.82. The Morgan fingerprint density at radius 3 is 0.909 bits per heavy atom. The molecule has 9 aliphatic rings. The second-order valence-electron chi connectivity index (χ2n) is 18.2. The molecule has 0 aromatic carbocycles. The van der Waals surface area contributed by atoms with E-state index in [1.54, 1.807) is 0 Å². The maximum Gasteiger partial charge on any atom is 0.104 e. The molecule has 9 rings (SSSR count). The standard InChI is InChI=1S/C14H24O7.C12H22O5.2C9H16O5/c15-7-14(8-16-1-11-4-19-11,9-17-2-12-5-20-12)10-18-3-13-6-21-13;1-2-12(7-13,8-14-3-10-5-16-10)9-15-4-11-6-17-11;10-7(1-11-3-8-5-13-8)2-12-4-9-6-14-9;10-1-7(12-5-9-6-14-9)2-11-3-8-4-13-8/h11-13,15H,1-10H2;10-11,13H,2-9H2,1H3;2*7-10H,1-6H2. The Labute approximate surface area is 388 Å². The zero-order valence-corrected chi connectivity index (χ0v) is 38.7. The van der Waals surface area contributed by atoms with Gasteiger partial charge in [0.05, 0.1) is 197 Å². The van der Waals surface area contributed by atoms with E-state index < -0.39 is 11.5 Å². The van der Waals surface area contributed by atoms with E-state index in [0.29, 0.717) is 112 Å². The summed E-state index contributed by atoms with van der Waals surface area (Å²) in [6.07, 6.45) is 2.22. The van der Waals surface area contributed by atoms with Crippen molar-refractivity contribution in [1.29, 1.82) is 0 Å². The van der Waals surface area contributed by atoms with Crippen LogP contribution in [0.15, 0.2) is 0 Å². The Morgan fingerprint density at radius 2 is 0.652 bits per heavy atom. The first-order chi connectivity index (χ1) is 32.3. The Morgan fingerprint density at radius 1 is 0.394 bits per heavy atom. The van der Waals surface area contributed by atoms with Crippen molar-refractivity contribution in [1.82, 2.24) is 0 Å². The van der Waals surface area contributed by atoms with Gasteiger partial charge in [-0.05, 0) is 6.42 Å². The lowest BCUT2D eigenvalue weighted by Gasteiger charge is -2.31. The van der Waals surface area contributed by atoms with E-state index in [2.05, 4.69) is 0 Å². The van der Waals surface area contributed by atoms with Gasteiger partial charge in [0.2, 0.25) is 0 Å². The van der Waals surface area contributed by atoms with Crippen LogP contribution in [0.5, 0.6) is 0 Å². The van der Waals surface area contributed by atoms with Gasteiger partial charge in [0.25, 0.3) is 0 Å². The Bertz CT molecular complexity index is 1150. The molecule has 9 saturated heterocycles. The van der Waals surface area contributed by atoms with E-state index in [9.17, 15) is 15.3 Å². The first kappa shape index (κ1) is 54.5. The highest BCUT2D eigenvalue weighted by atomic mass is 16.6. The minimum Gasteiger partial charge on any atom is -0.396 e. The van der Waals surface area contributed by atoms with E-state index in [1.165, 1.54) is 0 Å². The number of epoxide rings is 9. The third kappa shape index (κ3) is 26.9. The van der Waals surface area contributed by atoms with Crippen molar-refractivity contribution >= 4 is 0 Å². The lowest BCUT2D eigenvalue weighted by molar-refractivity contribution is -0.0965. The van der Waals surface area contributed by atoms with Gasteiger partial charge < -0.3 is 106 Å². The normalized spacial score (nSPS) is 31.5. The number of aliphatic hydroxyl groups excluding tert-OH is 4. The van der Waals surface area contributed by atoms with Crippen LogP contribution in [-0.2, 0) is 85.3 Å². The molecule has 0 aliphatic carbocycles. The first-order valence-electron chi connectivity index (χ1n) is 23.6. The molecule has 9 fully saturated rings. The quantitative estimate of drug-likeness (QED) is 0.0475. The molecule has 22 heteroatoms. The maximum atomic E-state index is 9.79. The molecule has 0 spiro atoms. The predicted octanol–water partition coefficient (Wildman–Crippen LogP) is -2.23. The third-order valence-corrected chi connectivity index (χ3v) is 11.2. The molecule has 10 atom stereocenters. The molecular weight excluding hydrogens is 880 g/mol. The van der Waals surface area contributed by atoms with Crippen LogP contribution in [0.1, 0.15) is 13.3 Å². The monoisotopic (exact) mass is 958 g/mol. The van der Waals surface area contributed by atoms with Crippen LogP contribution in [0, 0.1) is 10.8 Å². The van der Waals surface area contributed by atoms with Gasteiger partial charge in [0, 0.05) is 5.41 Å². The third-order valence-electron chi connectivity index (χ3n) is 11.2. The molecule has 4 N–H and O–H groups in total. The summed E-state index contributed by atoms with van der Waals surface area (Å²) in [5, 5.41) is 37.6. The molecular formula is C44H78O22. The van der Waals surface area contributed by atoms with Gasteiger partial charge in [-0.1, -0.05) is 6.92 Å². The molecule has 0 saturated carbocycles. The fourth-order valence-corrected chi connectivity index (χ4v) is 5.67. The highest BCUT2D eigenvalue weighted by Gasteiger charge is 2.36. The highest BCUT2D eigenvalue weighted by Crippen LogP contribution is 2.25. The van der Waals surface area contributed by atoms with Gasteiger partial charge in [-0.25, -0.2) is 0 Å². The van der Waals surface area contributed by atoms with Gasteiger partial charge in [0.15, 0.2) is 0 Å². The van der Waals surface area contributed by atoms with Crippen LogP contribution in [0.2, 0.25) is 0 Å². The molecule has 10 unspecified atom stereocenters. The summed E-state index contributed by atoms with van der Waals surface area (Å²) in [5.74, 6) is 0. The summed E-state index contributed by atoms with van der Waals surface area (Å²) in [7, 11) is 0. The molecule has 22 nitrogen and oxygen atoms in total. The molecule has 9 heterocycles. The molecule has 0 amide bonds. The fraction of sp³-hybridized carbons (Fsp3) is 1.00. The lowest BCUT2D eigenvalue weighted by Crippen LogP contribution is -2.41. The lowest BCUT2D eigenvalue weighted by atomic mass is 9.88. The van der Waals surface area contributed by atoms with Crippen molar-refractivity contribution in [2.45, 2.75) is 80.5 Å². The first-order valence-corrected chi connectivity index (χ1v) is 23.6. The van der Waals surface area contributed by atoms with Gasteiger partial charge >= 0.3 is 0 Å². The van der Waals surface area contributed by atoms with Crippen LogP contribution in [0.4, 0.5) is 0 Å². The Balaban J connectivity index is 0.000000148. The minimum atomic E-state index is -0.549. The molecule has 66 heavy (non-hydrogen) atoms. The predicted molar refractivity (Wildman–Crippen MR) is 226 cm³/mol. The number of hydrogen-bond donors (Lipinski definition) is 4. The SMILES string of the molecule is CCC(CO)(COCC1CO1)COCC1CO1.OC(COCC1CO1)COCC1CO1.OCC(COCC1CO1)(COCC1CO1)COCC1CO1.OCC(COCC1CO1)OCC1CO1. The summed E-state index contributed by atoms with van der Waals surface area (Å²) in [5.41, 5.74) is -0.831. The van der Waals surface area contributed by atoms with Crippen LogP contribution >= 0.6 is 0 Å². The molecule has 0 radical (unpaired) electrons. The summed E-state index contributed by atoms with van der Waals surface area (Å²) in [6, 6.07) is 0. The Hall–Kier alpha value is -0.880. The van der Waals surface area contributed by atoms with Crippen LogP contribution < -0.4 is 0 Å². The number of hydrogen-bond acceptors (Lipinski definition) is 22. The average Bonchev–Trinajstić information content (AvgIpc) is 4.14. The van der Waals surface area contributed by atoms with Gasteiger partial charge in [0.1, 0.15) is 67.1 Å². The fourth-order valence-electron chi connectivity index (χ4n) is 5.67. The number of ether oxygens (including phenoxy) is 18. The number of aliphatic hydroxyl groups is 4. The van der Waals surface area contributed by atoms with E-state index in [-0.39, 0.29) is 86.3 Å². The molecule has 0 aromatic heterocycles. The summed E-state index contributed by atoms with van der Waals surface area (Å²) in [6.45, 7) is 17.5. The van der Waals surface area contributed by atoms with E-state index in [0.717, 1.165) is 65.9 Å². The maximum absolute atomic E-state index is 9.79. The molecule has 386 valence electrons. The summed E-state index contributed by atoms with van der Waals surface area (Å²) < 4.78 is 94.6. The largest absolute Gasteiger partial charge is 0.396 e. The second-order valence-corrected chi connectivity index (χ2v) is 18.2. The smallest absolute Gasteiger partial charge is 0.104 e.